The SMILES string of the molecule is COC(=O)N[C@@H](Cc1ccccc1)C(=O)N(Cc1ccc(NS(=O)(=O)O)cc1)c1nc(-c2ccccc2)cs1. The van der Waals surface area contributed by atoms with Gasteiger partial charge in [-0.15, -0.1) is 11.3 Å². The maximum Gasteiger partial charge on any atom is 0.407 e. The fraction of sp³-hybridized carbons (Fsp3) is 0.148. The van der Waals surface area contributed by atoms with Gasteiger partial charge in [0.1, 0.15) is 6.04 Å². The lowest BCUT2D eigenvalue weighted by atomic mass is 10.0. The number of benzene rings is 3. The van der Waals surface area contributed by atoms with Crippen molar-refractivity contribution in [3.8, 4) is 11.3 Å². The monoisotopic (exact) mass is 566 g/mol. The molecule has 0 saturated heterocycles. The van der Waals surface area contributed by atoms with E-state index in [-0.39, 0.29) is 18.7 Å². The van der Waals surface area contributed by atoms with Gasteiger partial charge < -0.3 is 10.1 Å². The van der Waals surface area contributed by atoms with Gasteiger partial charge >= 0.3 is 16.4 Å². The van der Waals surface area contributed by atoms with Gasteiger partial charge in [0.15, 0.2) is 5.13 Å². The van der Waals surface area contributed by atoms with Gasteiger partial charge in [-0.25, -0.2) is 9.78 Å². The summed E-state index contributed by atoms with van der Waals surface area (Å²) >= 11 is 1.28. The van der Waals surface area contributed by atoms with Crippen molar-refractivity contribution in [2.45, 2.75) is 19.0 Å². The number of carbonyl (C=O) groups is 2. The van der Waals surface area contributed by atoms with Crippen LogP contribution in [0.15, 0.2) is 90.3 Å². The molecule has 1 aromatic heterocycles. The Balaban J connectivity index is 1.68. The van der Waals surface area contributed by atoms with Crippen molar-refractivity contribution in [3.05, 3.63) is 101 Å². The summed E-state index contributed by atoms with van der Waals surface area (Å²) in [7, 11) is -3.19. The largest absolute Gasteiger partial charge is 0.453 e. The molecule has 3 N–H and O–H groups in total. The molecule has 3 aromatic carbocycles. The van der Waals surface area contributed by atoms with E-state index >= 15 is 0 Å². The fourth-order valence-electron chi connectivity index (χ4n) is 3.82. The third-order valence-corrected chi connectivity index (χ3v) is 7.02. The lowest BCUT2D eigenvalue weighted by Gasteiger charge is -2.26. The van der Waals surface area contributed by atoms with Crippen molar-refractivity contribution in [2.75, 3.05) is 16.7 Å². The first-order chi connectivity index (χ1) is 18.7. The van der Waals surface area contributed by atoms with E-state index in [1.165, 1.54) is 35.5 Å². The molecule has 10 nitrogen and oxygen atoms in total. The highest BCUT2D eigenvalue weighted by Crippen LogP contribution is 2.29. The van der Waals surface area contributed by atoms with Gasteiger partial charge in [-0.05, 0) is 23.3 Å². The molecule has 4 aromatic rings. The molecule has 0 unspecified atom stereocenters. The number of nitrogens with zero attached hydrogens (tertiary/aromatic N) is 2. The molecule has 0 aliphatic rings. The van der Waals surface area contributed by atoms with E-state index in [0.29, 0.717) is 16.4 Å². The Morgan fingerprint density at radius 2 is 1.62 bits per heavy atom. The molecule has 0 aliphatic heterocycles. The molecule has 202 valence electrons. The Morgan fingerprint density at radius 1 is 0.974 bits per heavy atom. The number of hydrogen-bond donors (Lipinski definition) is 3. The van der Waals surface area contributed by atoms with Crippen LogP contribution in [0.4, 0.5) is 15.6 Å². The van der Waals surface area contributed by atoms with Gasteiger partial charge in [0.05, 0.1) is 25.0 Å². The highest BCUT2D eigenvalue weighted by atomic mass is 32.2. The van der Waals surface area contributed by atoms with Gasteiger partial charge in [-0.2, -0.15) is 8.42 Å². The van der Waals surface area contributed by atoms with E-state index in [1.54, 1.807) is 12.1 Å². The van der Waals surface area contributed by atoms with Crippen LogP contribution in [0.2, 0.25) is 0 Å². The first-order valence-corrected chi connectivity index (χ1v) is 14.1. The second kappa shape index (κ2) is 12.5. The third-order valence-electron chi connectivity index (χ3n) is 5.66. The van der Waals surface area contributed by atoms with Crippen molar-refractivity contribution in [3.63, 3.8) is 0 Å². The minimum Gasteiger partial charge on any atom is -0.453 e. The number of carbonyl (C=O) groups excluding carboxylic acids is 2. The maximum absolute atomic E-state index is 14.0. The van der Waals surface area contributed by atoms with Gasteiger partial charge in [-0.3, -0.25) is 19.0 Å². The lowest BCUT2D eigenvalue weighted by Crippen LogP contribution is -2.49. The molecule has 2 amide bonds. The minimum absolute atomic E-state index is 0.0842. The van der Waals surface area contributed by atoms with Crippen LogP contribution in [0, 0.1) is 0 Å². The van der Waals surface area contributed by atoms with Crippen LogP contribution in [-0.4, -0.2) is 43.1 Å². The summed E-state index contributed by atoms with van der Waals surface area (Å²) in [5.74, 6) is -0.404. The fourth-order valence-corrected chi connectivity index (χ4v) is 5.09. The lowest BCUT2D eigenvalue weighted by molar-refractivity contribution is -0.120. The Labute approximate surface area is 230 Å². The zero-order valence-corrected chi connectivity index (χ0v) is 22.5. The van der Waals surface area contributed by atoms with Crippen LogP contribution < -0.4 is 14.9 Å². The van der Waals surface area contributed by atoms with Gasteiger partial charge in [0.25, 0.3) is 5.91 Å². The predicted octanol–water partition coefficient (Wildman–Crippen LogP) is 4.53. The number of aromatic nitrogens is 1. The summed E-state index contributed by atoms with van der Waals surface area (Å²) in [6.45, 7) is 0.0842. The van der Waals surface area contributed by atoms with Gasteiger partial charge in [0.2, 0.25) is 0 Å². The summed E-state index contributed by atoms with van der Waals surface area (Å²) in [5, 5.41) is 4.92. The molecule has 0 bridgehead atoms. The number of thiazole rings is 1. The summed E-state index contributed by atoms with van der Waals surface area (Å²) in [5.41, 5.74) is 3.26. The van der Waals surface area contributed by atoms with Crippen LogP contribution in [-0.2, 0) is 32.8 Å². The number of alkyl carbamates (subject to hydrolysis) is 1. The molecule has 0 saturated carbocycles. The molecule has 12 heteroatoms. The second-order valence-electron chi connectivity index (χ2n) is 8.46. The number of hydrogen-bond acceptors (Lipinski definition) is 7. The van der Waals surface area contributed by atoms with E-state index in [1.807, 2.05) is 70.8 Å². The highest BCUT2D eigenvalue weighted by molar-refractivity contribution is 7.87. The summed E-state index contributed by atoms with van der Waals surface area (Å²) in [4.78, 5) is 32.4. The van der Waals surface area contributed by atoms with Crippen molar-refractivity contribution in [2.24, 2.45) is 0 Å². The molecular formula is C27H26N4O6S2. The number of nitrogens with one attached hydrogen (secondary N) is 2. The first-order valence-electron chi connectivity index (χ1n) is 11.8. The van der Waals surface area contributed by atoms with Crippen molar-refractivity contribution < 1.29 is 27.3 Å². The molecule has 39 heavy (non-hydrogen) atoms. The number of ether oxygens (including phenoxy) is 1. The van der Waals surface area contributed by atoms with Crippen LogP contribution >= 0.6 is 11.3 Å². The summed E-state index contributed by atoms with van der Waals surface area (Å²) < 4.78 is 38.1. The van der Waals surface area contributed by atoms with Crippen molar-refractivity contribution in [1.82, 2.24) is 10.3 Å². The molecule has 0 fully saturated rings. The Hall–Kier alpha value is -4.26. The third kappa shape index (κ3) is 7.87. The van der Waals surface area contributed by atoms with Gasteiger partial charge in [-0.1, -0.05) is 72.8 Å². The number of amides is 2. The van der Waals surface area contributed by atoms with E-state index in [0.717, 1.165) is 11.1 Å². The Bertz CT molecular complexity index is 1510. The second-order valence-corrected chi connectivity index (χ2v) is 10.4. The zero-order valence-electron chi connectivity index (χ0n) is 20.9. The van der Waals surface area contributed by atoms with E-state index in [9.17, 15) is 18.0 Å². The molecule has 0 radical (unpaired) electrons. The van der Waals surface area contributed by atoms with Crippen LogP contribution in [0.3, 0.4) is 0 Å². The molecule has 4 rings (SSSR count). The van der Waals surface area contributed by atoms with Crippen LogP contribution in [0.1, 0.15) is 11.1 Å². The Morgan fingerprint density at radius 3 is 2.23 bits per heavy atom. The number of methoxy groups -OCH3 is 1. The molecular weight excluding hydrogens is 540 g/mol. The molecule has 0 spiro atoms. The quantitative estimate of drug-likeness (QED) is 0.240. The number of rotatable bonds is 10. The minimum atomic E-state index is -4.42. The molecule has 0 aliphatic carbocycles. The predicted molar refractivity (Wildman–Crippen MR) is 150 cm³/mol. The highest BCUT2D eigenvalue weighted by Gasteiger charge is 2.30. The van der Waals surface area contributed by atoms with Crippen LogP contribution in [0.25, 0.3) is 11.3 Å². The average molecular weight is 567 g/mol. The van der Waals surface area contributed by atoms with Gasteiger partial charge in [0, 0.05) is 17.4 Å². The smallest absolute Gasteiger partial charge is 0.407 e. The average Bonchev–Trinajstić information content (AvgIpc) is 3.42. The van der Waals surface area contributed by atoms with Crippen molar-refractivity contribution >= 4 is 44.5 Å². The first kappa shape index (κ1) is 27.8. The standard InChI is InChI=1S/C27H26N4O6S2/c1-37-27(33)29-23(16-19-8-4-2-5-9-19)25(32)31(17-20-12-14-22(15-13-20)30-39(34,35)36)26-28-24(18-38-26)21-10-6-3-7-11-21/h2-15,18,23,30H,16-17H2,1H3,(H,29,33)(H,34,35,36)/t23-/m0/s1. The molecule has 1 atom stereocenters. The maximum atomic E-state index is 14.0. The van der Waals surface area contributed by atoms with E-state index in [4.69, 9.17) is 14.3 Å². The number of anilines is 2. The topological polar surface area (TPSA) is 138 Å². The van der Waals surface area contributed by atoms with Crippen molar-refractivity contribution in [1.29, 1.82) is 0 Å². The Kier molecular flexibility index (Phi) is 8.92. The summed E-state index contributed by atoms with van der Waals surface area (Å²) in [6, 6.07) is 24.1. The normalized spacial score (nSPS) is 11.8. The van der Waals surface area contributed by atoms with Crippen LogP contribution in [0.5, 0.6) is 0 Å². The van der Waals surface area contributed by atoms with E-state index < -0.39 is 28.3 Å². The van der Waals surface area contributed by atoms with E-state index in [2.05, 4.69) is 5.32 Å². The summed E-state index contributed by atoms with van der Waals surface area (Å²) in [6.07, 6.45) is -0.520. The zero-order chi connectivity index (χ0) is 27.8. The molecule has 1 heterocycles.